The van der Waals surface area contributed by atoms with Gasteiger partial charge in [-0.1, -0.05) is 43.3 Å². The highest BCUT2D eigenvalue weighted by Gasteiger charge is 2.10. The predicted molar refractivity (Wildman–Crippen MR) is 84.0 cm³/mol. The van der Waals surface area contributed by atoms with E-state index in [0.717, 1.165) is 24.3 Å². The van der Waals surface area contributed by atoms with Crippen molar-refractivity contribution >= 4 is 17.3 Å². The molecular weight excluding hydrogens is 248 g/mol. The first-order chi connectivity index (χ1) is 9.79. The number of anilines is 2. The smallest absolute Gasteiger partial charge is 0.243 e. The van der Waals surface area contributed by atoms with E-state index in [2.05, 4.69) is 17.1 Å². The fraction of sp³-hybridized carbons (Fsp3) is 0.235. The molecule has 0 unspecified atom stereocenters. The molecule has 0 bridgehead atoms. The van der Waals surface area contributed by atoms with E-state index in [9.17, 15) is 4.79 Å². The molecule has 0 aliphatic heterocycles. The highest BCUT2D eigenvalue weighted by Crippen LogP contribution is 2.14. The first kappa shape index (κ1) is 14.1. The van der Waals surface area contributed by atoms with E-state index in [1.165, 1.54) is 0 Å². The number of amides is 1. The van der Waals surface area contributed by atoms with Crippen LogP contribution in [-0.2, 0) is 4.79 Å². The molecule has 20 heavy (non-hydrogen) atoms. The number of hydrogen-bond acceptors (Lipinski definition) is 2. The summed E-state index contributed by atoms with van der Waals surface area (Å²) in [6, 6.07) is 19.6. The van der Waals surface area contributed by atoms with Crippen LogP contribution in [0.3, 0.4) is 0 Å². The summed E-state index contributed by atoms with van der Waals surface area (Å²) in [7, 11) is 0. The maximum atomic E-state index is 12.1. The number of carbonyl (C=O) groups is 1. The molecule has 0 atom stereocenters. The first-order valence-electron chi connectivity index (χ1n) is 6.94. The molecule has 0 fully saturated rings. The molecule has 0 aliphatic carbocycles. The Balaban J connectivity index is 1.99. The summed E-state index contributed by atoms with van der Waals surface area (Å²) >= 11 is 0. The summed E-state index contributed by atoms with van der Waals surface area (Å²) in [6.45, 7) is 3.35. The van der Waals surface area contributed by atoms with Crippen LogP contribution in [0.5, 0.6) is 0 Å². The van der Waals surface area contributed by atoms with Gasteiger partial charge in [0.1, 0.15) is 0 Å². The van der Waals surface area contributed by atoms with Gasteiger partial charge in [0.2, 0.25) is 5.91 Å². The first-order valence-corrected chi connectivity index (χ1v) is 6.94. The number of benzene rings is 2. The molecule has 0 spiro atoms. The van der Waals surface area contributed by atoms with Gasteiger partial charge in [0.15, 0.2) is 0 Å². The molecule has 1 N–H and O–H groups in total. The second-order valence-electron chi connectivity index (χ2n) is 4.67. The number of nitrogens with zero attached hydrogens (tertiary/aromatic N) is 1. The average molecular weight is 268 g/mol. The third kappa shape index (κ3) is 4.12. The van der Waals surface area contributed by atoms with E-state index in [1.807, 2.05) is 60.7 Å². The van der Waals surface area contributed by atoms with E-state index in [0.29, 0.717) is 6.54 Å². The summed E-state index contributed by atoms with van der Waals surface area (Å²) in [4.78, 5) is 14.2. The average Bonchev–Trinajstić information content (AvgIpc) is 2.49. The second-order valence-corrected chi connectivity index (χ2v) is 4.67. The van der Waals surface area contributed by atoms with Gasteiger partial charge in [0.25, 0.3) is 0 Å². The fourth-order valence-electron chi connectivity index (χ4n) is 2.10. The molecule has 3 nitrogen and oxygen atoms in total. The van der Waals surface area contributed by atoms with Crippen LogP contribution in [0.15, 0.2) is 60.7 Å². The Hall–Kier alpha value is -2.29. The van der Waals surface area contributed by atoms with Crippen LogP contribution in [0, 0.1) is 0 Å². The zero-order valence-corrected chi connectivity index (χ0v) is 11.8. The minimum Gasteiger partial charge on any atom is -0.362 e. The summed E-state index contributed by atoms with van der Waals surface area (Å²) in [5.74, 6) is 0.00787. The highest BCUT2D eigenvalue weighted by atomic mass is 16.2. The molecule has 0 saturated heterocycles. The lowest BCUT2D eigenvalue weighted by Gasteiger charge is -2.23. The van der Waals surface area contributed by atoms with Crippen LogP contribution in [0.2, 0.25) is 0 Å². The molecule has 0 radical (unpaired) electrons. The minimum absolute atomic E-state index is 0.00787. The van der Waals surface area contributed by atoms with Gasteiger partial charge in [0.05, 0.1) is 6.54 Å². The SMILES string of the molecule is CCCN(CC(=O)Nc1ccccc1)c1ccccc1. The molecule has 0 aliphatic rings. The third-order valence-electron chi connectivity index (χ3n) is 3.01. The van der Waals surface area contributed by atoms with E-state index in [1.54, 1.807) is 0 Å². The van der Waals surface area contributed by atoms with Crippen LogP contribution in [0.1, 0.15) is 13.3 Å². The molecule has 3 heteroatoms. The number of nitrogens with one attached hydrogen (secondary N) is 1. The Labute approximate surface area is 120 Å². The normalized spacial score (nSPS) is 10.1. The lowest BCUT2D eigenvalue weighted by Crippen LogP contribution is -2.33. The minimum atomic E-state index is 0.00787. The van der Waals surface area contributed by atoms with Crippen LogP contribution in [0.4, 0.5) is 11.4 Å². The molecule has 2 aromatic rings. The second kappa shape index (κ2) is 7.34. The van der Waals surface area contributed by atoms with Gasteiger partial charge in [-0.15, -0.1) is 0 Å². The zero-order chi connectivity index (χ0) is 14.2. The topological polar surface area (TPSA) is 32.3 Å². The Bertz CT molecular complexity index is 525. The van der Waals surface area contributed by atoms with Crippen molar-refractivity contribution in [3.05, 3.63) is 60.7 Å². The van der Waals surface area contributed by atoms with Gasteiger partial charge in [-0.25, -0.2) is 0 Å². The molecule has 104 valence electrons. The van der Waals surface area contributed by atoms with E-state index in [4.69, 9.17) is 0 Å². The van der Waals surface area contributed by atoms with Gasteiger partial charge in [-0.2, -0.15) is 0 Å². The van der Waals surface area contributed by atoms with Crippen molar-refractivity contribution in [2.24, 2.45) is 0 Å². The van der Waals surface area contributed by atoms with Gasteiger partial charge in [-0.05, 0) is 30.7 Å². The van der Waals surface area contributed by atoms with Gasteiger partial charge in [0, 0.05) is 17.9 Å². The maximum absolute atomic E-state index is 12.1. The van der Waals surface area contributed by atoms with Crippen molar-refractivity contribution < 1.29 is 4.79 Å². The zero-order valence-electron chi connectivity index (χ0n) is 11.8. The number of carbonyl (C=O) groups excluding carboxylic acids is 1. The molecule has 1 amide bonds. The monoisotopic (exact) mass is 268 g/mol. The quantitative estimate of drug-likeness (QED) is 0.869. The summed E-state index contributed by atoms with van der Waals surface area (Å²) < 4.78 is 0. The van der Waals surface area contributed by atoms with E-state index in [-0.39, 0.29) is 5.91 Å². The predicted octanol–water partition coefficient (Wildman–Crippen LogP) is 3.54. The molecule has 2 aromatic carbocycles. The van der Waals surface area contributed by atoms with E-state index >= 15 is 0 Å². The standard InChI is InChI=1S/C17H20N2O/c1-2-13-19(16-11-7-4-8-12-16)14-17(20)18-15-9-5-3-6-10-15/h3-12H,2,13-14H2,1H3,(H,18,20). The van der Waals surface area contributed by atoms with Crippen molar-refractivity contribution in [2.75, 3.05) is 23.3 Å². The van der Waals surface area contributed by atoms with Crippen molar-refractivity contribution in [1.82, 2.24) is 0 Å². The molecule has 2 rings (SSSR count). The highest BCUT2D eigenvalue weighted by molar-refractivity contribution is 5.94. The maximum Gasteiger partial charge on any atom is 0.243 e. The van der Waals surface area contributed by atoms with Crippen molar-refractivity contribution in [3.8, 4) is 0 Å². The number of rotatable bonds is 6. The molecular formula is C17H20N2O. The largest absolute Gasteiger partial charge is 0.362 e. The lowest BCUT2D eigenvalue weighted by atomic mass is 10.2. The van der Waals surface area contributed by atoms with E-state index < -0.39 is 0 Å². The summed E-state index contributed by atoms with van der Waals surface area (Å²) in [5.41, 5.74) is 1.92. The van der Waals surface area contributed by atoms with Crippen LogP contribution >= 0.6 is 0 Å². The Morgan fingerprint density at radius 2 is 1.60 bits per heavy atom. The number of hydrogen-bond donors (Lipinski definition) is 1. The van der Waals surface area contributed by atoms with Crippen molar-refractivity contribution in [3.63, 3.8) is 0 Å². The Morgan fingerprint density at radius 3 is 2.20 bits per heavy atom. The van der Waals surface area contributed by atoms with Crippen LogP contribution in [-0.4, -0.2) is 19.0 Å². The van der Waals surface area contributed by atoms with Gasteiger partial charge < -0.3 is 10.2 Å². The lowest BCUT2D eigenvalue weighted by molar-refractivity contribution is -0.115. The molecule has 0 heterocycles. The number of para-hydroxylation sites is 2. The van der Waals surface area contributed by atoms with Gasteiger partial charge in [-0.3, -0.25) is 4.79 Å². The van der Waals surface area contributed by atoms with Crippen LogP contribution in [0.25, 0.3) is 0 Å². The Morgan fingerprint density at radius 1 is 1.00 bits per heavy atom. The van der Waals surface area contributed by atoms with Crippen LogP contribution < -0.4 is 10.2 Å². The van der Waals surface area contributed by atoms with Gasteiger partial charge >= 0.3 is 0 Å². The molecule has 0 saturated carbocycles. The fourth-order valence-corrected chi connectivity index (χ4v) is 2.10. The summed E-state index contributed by atoms with van der Waals surface area (Å²) in [5, 5.41) is 2.92. The molecule has 0 aromatic heterocycles. The summed E-state index contributed by atoms with van der Waals surface area (Å²) in [6.07, 6.45) is 1.01. The van der Waals surface area contributed by atoms with Crippen molar-refractivity contribution in [2.45, 2.75) is 13.3 Å². The Kier molecular flexibility index (Phi) is 5.18. The van der Waals surface area contributed by atoms with Crippen molar-refractivity contribution in [1.29, 1.82) is 0 Å². The third-order valence-corrected chi connectivity index (χ3v) is 3.01.